The quantitative estimate of drug-likeness (QED) is 0.711. The van der Waals surface area contributed by atoms with Gasteiger partial charge in [-0.2, -0.15) is 0 Å². The molecular weight excluding hydrogens is 270 g/mol. The molecule has 5 heteroatoms. The van der Waals surface area contributed by atoms with Gasteiger partial charge in [-0.05, 0) is 57.1 Å². The first-order chi connectivity index (χ1) is 9.54. The van der Waals surface area contributed by atoms with Gasteiger partial charge < -0.3 is 19.3 Å². The number of hydrogen-bond acceptors (Lipinski definition) is 4. The summed E-state index contributed by atoms with van der Waals surface area (Å²) in [5.41, 5.74) is 6.74. The van der Waals surface area contributed by atoms with Crippen molar-refractivity contribution >= 4 is 8.56 Å². The van der Waals surface area contributed by atoms with Gasteiger partial charge in [0.25, 0.3) is 0 Å². The fourth-order valence-corrected chi connectivity index (χ4v) is 4.88. The molecule has 0 fully saturated rings. The lowest BCUT2D eigenvalue weighted by Gasteiger charge is -2.30. The van der Waals surface area contributed by atoms with Gasteiger partial charge in [0.05, 0.1) is 13.2 Å². The van der Waals surface area contributed by atoms with E-state index in [0.29, 0.717) is 13.2 Å². The molecule has 0 heterocycles. The highest BCUT2D eigenvalue weighted by molar-refractivity contribution is 6.66. The molecule has 1 rings (SSSR count). The van der Waals surface area contributed by atoms with Gasteiger partial charge in [0.15, 0.2) is 0 Å². The second kappa shape index (κ2) is 8.41. The summed E-state index contributed by atoms with van der Waals surface area (Å²) in [6, 6.07) is 8.90. The van der Waals surface area contributed by atoms with E-state index in [4.69, 9.17) is 19.3 Å². The van der Waals surface area contributed by atoms with Crippen LogP contribution < -0.4 is 10.5 Å². The Morgan fingerprint density at radius 3 is 2.40 bits per heavy atom. The van der Waals surface area contributed by atoms with E-state index in [2.05, 4.69) is 13.5 Å². The Hall–Kier alpha value is -0.883. The van der Waals surface area contributed by atoms with Crippen LogP contribution in [0.15, 0.2) is 24.3 Å². The average molecular weight is 297 g/mol. The monoisotopic (exact) mass is 297 g/mol. The maximum Gasteiger partial charge on any atom is 0.335 e. The van der Waals surface area contributed by atoms with Gasteiger partial charge in [-0.1, -0.05) is 12.1 Å². The summed E-state index contributed by atoms with van der Waals surface area (Å²) >= 11 is 0. The molecular formula is C15H27NO3Si. The first kappa shape index (κ1) is 17.2. The normalized spacial score (nSPS) is 15.7. The maximum absolute atomic E-state index is 6.26. The molecule has 1 aromatic carbocycles. The molecule has 0 aliphatic carbocycles. The molecule has 20 heavy (non-hydrogen) atoms. The van der Waals surface area contributed by atoms with Gasteiger partial charge in [-0.15, -0.1) is 0 Å². The summed E-state index contributed by atoms with van der Waals surface area (Å²) < 4.78 is 17.3. The molecule has 114 valence electrons. The van der Waals surface area contributed by atoms with Gasteiger partial charge >= 0.3 is 8.56 Å². The van der Waals surface area contributed by atoms with E-state index >= 15 is 0 Å². The Kier molecular flexibility index (Phi) is 7.22. The van der Waals surface area contributed by atoms with Crippen LogP contribution in [0, 0.1) is 0 Å². The highest BCUT2D eigenvalue weighted by atomic mass is 28.4. The number of methoxy groups -OCH3 is 1. The van der Waals surface area contributed by atoms with Crippen molar-refractivity contribution < 1.29 is 13.6 Å². The summed E-state index contributed by atoms with van der Waals surface area (Å²) in [6.07, 6.45) is 0.958. The van der Waals surface area contributed by atoms with E-state index in [-0.39, 0.29) is 6.10 Å². The third-order valence-electron chi connectivity index (χ3n) is 3.30. The summed E-state index contributed by atoms with van der Waals surface area (Å²) in [5, 5.41) is 0. The predicted octanol–water partition coefficient (Wildman–Crippen LogP) is 3.23. The molecule has 0 bridgehead atoms. The Morgan fingerprint density at radius 1 is 1.25 bits per heavy atom. The van der Waals surface area contributed by atoms with Crippen LogP contribution in [-0.4, -0.2) is 28.8 Å². The molecule has 0 aliphatic rings. The third kappa shape index (κ3) is 5.24. The Balaban J connectivity index is 2.70. The molecule has 1 aromatic rings. The summed E-state index contributed by atoms with van der Waals surface area (Å²) in [4.78, 5) is 0. The molecule has 0 radical (unpaired) electrons. The molecule has 0 saturated carbocycles. The van der Waals surface area contributed by atoms with Crippen molar-refractivity contribution in [3.63, 3.8) is 0 Å². The SMILES string of the molecule is CCO[Si](C)(CCCN)OC(C)c1ccc(OC)cc1. The van der Waals surface area contributed by atoms with Gasteiger partial charge in [-0.3, -0.25) is 0 Å². The van der Waals surface area contributed by atoms with Crippen LogP contribution in [0.2, 0.25) is 12.6 Å². The fourth-order valence-electron chi connectivity index (χ4n) is 2.21. The zero-order valence-electron chi connectivity index (χ0n) is 13.0. The zero-order chi connectivity index (χ0) is 15.0. The second-order valence-corrected chi connectivity index (χ2v) is 8.28. The van der Waals surface area contributed by atoms with Gasteiger partial charge in [0.1, 0.15) is 5.75 Å². The number of ether oxygens (including phenoxy) is 1. The second-order valence-electron chi connectivity index (χ2n) is 4.99. The molecule has 0 saturated heterocycles. The Bertz CT molecular complexity index is 385. The Labute approximate surface area is 123 Å². The highest BCUT2D eigenvalue weighted by Gasteiger charge is 2.32. The lowest BCUT2D eigenvalue weighted by Crippen LogP contribution is -2.40. The van der Waals surface area contributed by atoms with Crippen molar-refractivity contribution in [1.82, 2.24) is 0 Å². The van der Waals surface area contributed by atoms with Gasteiger partial charge in [-0.25, -0.2) is 0 Å². The van der Waals surface area contributed by atoms with Crippen LogP contribution >= 0.6 is 0 Å². The molecule has 2 unspecified atom stereocenters. The van der Waals surface area contributed by atoms with Crippen LogP contribution in [0.25, 0.3) is 0 Å². The van der Waals surface area contributed by atoms with E-state index in [0.717, 1.165) is 23.8 Å². The minimum atomic E-state index is -2.15. The Morgan fingerprint density at radius 2 is 1.90 bits per heavy atom. The van der Waals surface area contributed by atoms with E-state index in [1.54, 1.807) is 7.11 Å². The minimum Gasteiger partial charge on any atom is -0.497 e. The van der Waals surface area contributed by atoms with Crippen molar-refractivity contribution in [2.75, 3.05) is 20.3 Å². The van der Waals surface area contributed by atoms with Crippen molar-refractivity contribution in [2.45, 2.75) is 39.0 Å². The van der Waals surface area contributed by atoms with E-state index in [9.17, 15) is 0 Å². The van der Waals surface area contributed by atoms with Crippen molar-refractivity contribution in [2.24, 2.45) is 5.73 Å². The van der Waals surface area contributed by atoms with Gasteiger partial charge in [0, 0.05) is 6.61 Å². The molecule has 2 N–H and O–H groups in total. The maximum atomic E-state index is 6.26. The summed E-state index contributed by atoms with van der Waals surface area (Å²) in [5.74, 6) is 0.855. The smallest absolute Gasteiger partial charge is 0.335 e. The number of nitrogens with two attached hydrogens (primary N) is 1. The molecule has 0 spiro atoms. The molecule has 0 amide bonds. The van der Waals surface area contributed by atoms with E-state index in [1.807, 2.05) is 31.2 Å². The minimum absolute atomic E-state index is 0.0156. The summed E-state index contributed by atoms with van der Waals surface area (Å²) in [7, 11) is -0.482. The van der Waals surface area contributed by atoms with Crippen LogP contribution in [0.4, 0.5) is 0 Å². The molecule has 2 atom stereocenters. The molecule has 4 nitrogen and oxygen atoms in total. The van der Waals surface area contributed by atoms with Crippen molar-refractivity contribution in [1.29, 1.82) is 0 Å². The largest absolute Gasteiger partial charge is 0.497 e. The fraction of sp³-hybridized carbons (Fsp3) is 0.600. The highest BCUT2D eigenvalue weighted by Crippen LogP contribution is 2.27. The first-order valence-corrected chi connectivity index (χ1v) is 9.72. The topological polar surface area (TPSA) is 53.7 Å². The lowest BCUT2D eigenvalue weighted by molar-refractivity contribution is 0.131. The van der Waals surface area contributed by atoms with E-state index < -0.39 is 8.56 Å². The predicted molar refractivity (Wildman–Crippen MR) is 84.2 cm³/mol. The van der Waals surface area contributed by atoms with Crippen molar-refractivity contribution in [3.8, 4) is 5.75 Å². The van der Waals surface area contributed by atoms with Crippen molar-refractivity contribution in [3.05, 3.63) is 29.8 Å². The lowest BCUT2D eigenvalue weighted by atomic mass is 10.1. The van der Waals surface area contributed by atoms with Crippen LogP contribution in [0.5, 0.6) is 5.75 Å². The molecule has 0 aromatic heterocycles. The van der Waals surface area contributed by atoms with Gasteiger partial charge in [0.2, 0.25) is 0 Å². The number of hydrogen-bond donors (Lipinski definition) is 1. The third-order valence-corrected chi connectivity index (χ3v) is 6.31. The van der Waals surface area contributed by atoms with Crippen LogP contribution in [0.1, 0.15) is 31.9 Å². The van der Waals surface area contributed by atoms with Crippen LogP contribution in [0.3, 0.4) is 0 Å². The van der Waals surface area contributed by atoms with Crippen LogP contribution in [-0.2, 0) is 8.85 Å². The van der Waals surface area contributed by atoms with E-state index in [1.165, 1.54) is 0 Å². The zero-order valence-corrected chi connectivity index (χ0v) is 14.0. The standard InChI is InChI=1S/C15H27NO3Si/c1-5-18-20(4,12-6-11-16)19-13(2)14-7-9-15(17-3)10-8-14/h7-10,13H,5-6,11-12,16H2,1-4H3. The first-order valence-electron chi connectivity index (χ1n) is 7.20. The summed E-state index contributed by atoms with van der Waals surface area (Å²) in [6.45, 7) is 7.55. The average Bonchev–Trinajstić information content (AvgIpc) is 2.45. The molecule has 0 aliphatic heterocycles. The number of benzene rings is 1. The number of rotatable bonds is 9.